The Morgan fingerprint density at radius 3 is 2.70 bits per heavy atom. The van der Waals surface area contributed by atoms with Crippen LogP contribution in [0, 0.1) is 5.92 Å². The molecule has 1 fully saturated rings. The van der Waals surface area contributed by atoms with Gasteiger partial charge in [0.1, 0.15) is 10.9 Å². The standard InChI is InChI=1S/C23H31N7O2S/c1-29(2)15-5-7-16(8-6-15)32-21-19-17-10-13(20(24)31)4-9-18(17)33-22(19)28-23(27-21)26-14-11-25-30(3)12-14/h11-13,15-16H,4-10H2,1-3H3,(H2,24,31)(H,26,27,28)/t13-,15?,16?/m0/s1. The van der Waals surface area contributed by atoms with Crippen LogP contribution in [0.15, 0.2) is 12.4 Å². The third-order valence-electron chi connectivity index (χ3n) is 6.89. The number of anilines is 2. The van der Waals surface area contributed by atoms with Crippen molar-refractivity contribution in [2.45, 2.75) is 57.1 Å². The minimum atomic E-state index is -0.236. The maximum Gasteiger partial charge on any atom is 0.232 e. The van der Waals surface area contributed by atoms with Crippen LogP contribution in [-0.4, -0.2) is 56.8 Å². The largest absolute Gasteiger partial charge is 0.474 e. The summed E-state index contributed by atoms with van der Waals surface area (Å²) in [5, 5.41) is 8.43. The molecule has 10 heteroatoms. The number of ether oxygens (including phenoxy) is 1. The van der Waals surface area contributed by atoms with E-state index in [0.29, 0.717) is 24.3 Å². The number of aryl methyl sites for hydroxylation is 2. The summed E-state index contributed by atoms with van der Waals surface area (Å²) in [6, 6.07) is 0.600. The van der Waals surface area contributed by atoms with E-state index >= 15 is 0 Å². The van der Waals surface area contributed by atoms with Crippen molar-refractivity contribution in [2.75, 3.05) is 19.4 Å². The number of thiophene rings is 1. The normalized spacial score (nSPS) is 23.0. The van der Waals surface area contributed by atoms with E-state index in [-0.39, 0.29) is 17.9 Å². The summed E-state index contributed by atoms with van der Waals surface area (Å²) in [5.74, 6) is 0.729. The predicted octanol–water partition coefficient (Wildman–Crippen LogP) is 3.01. The second-order valence-electron chi connectivity index (χ2n) is 9.42. The Bertz CT molecular complexity index is 1160. The second kappa shape index (κ2) is 8.90. The molecule has 9 nitrogen and oxygen atoms in total. The van der Waals surface area contributed by atoms with Crippen LogP contribution in [0.3, 0.4) is 0 Å². The van der Waals surface area contributed by atoms with Crippen molar-refractivity contribution in [1.29, 1.82) is 0 Å². The molecule has 1 atom stereocenters. The van der Waals surface area contributed by atoms with Gasteiger partial charge in [-0.15, -0.1) is 11.3 Å². The van der Waals surface area contributed by atoms with Crippen molar-refractivity contribution in [3.05, 3.63) is 22.8 Å². The van der Waals surface area contributed by atoms with Gasteiger partial charge >= 0.3 is 0 Å². The summed E-state index contributed by atoms with van der Waals surface area (Å²) in [6.07, 6.45) is 10.2. The van der Waals surface area contributed by atoms with Gasteiger partial charge in [0.25, 0.3) is 0 Å². The Morgan fingerprint density at radius 2 is 2.03 bits per heavy atom. The van der Waals surface area contributed by atoms with E-state index in [1.165, 1.54) is 4.88 Å². The Labute approximate surface area is 197 Å². The third kappa shape index (κ3) is 4.54. The van der Waals surface area contributed by atoms with Crippen molar-refractivity contribution in [3.8, 4) is 5.88 Å². The maximum absolute atomic E-state index is 11.9. The monoisotopic (exact) mass is 469 g/mol. The Morgan fingerprint density at radius 1 is 1.24 bits per heavy atom. The summed E-state index contributed by atoms with van der Waals surface area (Å²) in [4.78, 5) is 26.0. The zero-order valence-corrected chi connectivity index (χ0v) is 20.2. The second-order valence-corrected chi connectivity index (χ2v) is 10.5. The summed E-state index contributed by atoms with van der Waals surface area (Å²) >= 11 is 1.67. The van der Waals surface area contributed by atoms with Gasteiger partial charge in [0.15, 0.2) is 0 Å². The van der Waals surface area contributed by atoms with E-state index in [1.54, 1.807) is 22.2 Å². The molecule has 176 valence electrons. The molecular weight excluding hydrogens is 438 g/mol. The van der Waals surface area contributed by atoms with Crippen LogP contribution in [-0.2, 0) is 24.7 Å². The molecule has 2 aliphatic carbocycles. The number of nitrogens with zero attached hydrogens (tertiary/aromatic N) is 5. The highest BCUT2D eigenvalue weighted by molar-refractivity contribution is 7.18. The quantitative estimate of drug-likeness (QED) is 0.571. The van der Waals surface area contributed by atoms with E-state index in [4.69, 9.17) is 20.4 Å². The van der Waals surface area contributed by atoms with Crippen molar-refractivity contribution in [2.24, 2.45) is 18.7 Å². The molecule has 0 radical (unpaired) electrons. The number of hydrogen-bond acceptors (Lipinski definition) is 8. The Kier molecular flexibility index (Phi) is 5.96. The fourth-order valence-electron chi connectivity index (χ4n) is 4.98. The average molecular weight is 470 g/mol. The molecule has 5 rings (SSSR count). The van der Waals surface area contributed by atoms with Crippen LogP contribution < -0.4 is 15.8 Å². The minimum absolute atomic E-state index is 0.122. The molecule has 0 saturated heterocycles. The first-order valence-corrected chi connectivity index (χ1v) is 12.4. The highest BCUT2D eigenvalue weighted by atomic mass is 32.1. The molecule has 33 heavy (non-hydrogen) atoms. The highest BCUT2D eigenvalue weighted by Crippen LogP contribution is 2.42. The number of nitrogens with one attached hydrogen (secondary N) is 1. The summed E-state index contributed by atoms with van der Waals surface area (Å²) in [7, 11) is 6.16. The molecule has 0 spiro atoms. The van der Waals surface area contributed by atoms with Gasteiger partial charge in [-0.05, 0) is 64.6 Å². The zero-order valence-electron chi connectivity index (χ0n) is 19.4. The van der Waals surface area contributed by atoms with Crippen molar-refractivity contribution in [3.63, 3.8) is 0 Å². The average Bonchev–Trinajstić information content (AvgIpc) is 3.36. The number of primary amides is 1. The van der Waals surface area contributed by atoms with Gasteiger partial charge in [-0.3, -0.25) is 9.48 Å². The van der Waals surface area contributed by atoms with Crippen LogP contribution >= 0.6 is 11.3 Å². The third-order valence-corrected chi connectivity index (χ3v) is 8.07. The summed E-state index contributed by atoms with van der Waals surface area (Å²) in [5.41, 5.74) is 7.61. The van der Waals surface area contributed by atoms with Crippen LogP contribution in [0.1, 0.15) is 42.5 Å². The molecule has 0 bridgehead atoms. The van der Waals surface area contributed by atoms with E-state index < -0.39 is 0 Å². The predicted molar refractivity (Wildman–Crippen MR) is 129 cm³/mol. The van der Waals surface area contributed by atoms with Crippen molar-refractivity contribution >= 4 is 39.1 Å². The Hall–Kier alpha value is -2.72. The maximum atomic E-state index is 11.9. The smallest absolute Gasteiger partial charge is 0.232 e. The molecule has 2 aliphatic rings. The lowest BCUT2D eigenvalue weighted by Crippen LogP contribution is -2.35. The molecule has 1 saturated carbocycles. The van der Waals surface area contributed by atoms with E-state index in [9.17, 15) is 4.79 Å². The fraction of sp³-hybridized carbons (Fsp3) is 0.565. The number of rotatable bonds is 6. The van der Waals surface area contributed by atoms with Crippen LogP contribution in [0.5, 0.6) is 5.88 Å². The van der Waals surface area contributed by atoms with E-state index in [2.05, 4.69) is 29.4 Å². The molecule has 3 aromatic heterocycles. The molecule has 3 N–H and O–H groups in total. The molecule has 0 aromatic carbocycles. The molecule has 3 heterocycles. The van der Waals surface area contributed by atoms with Crippen molar-refractivity contribution in [1.82, 2.24) is 24.6 Å². The molecule has 0 aliphatic heterocycles. The van der Waals surface area contributed by atoms with Gasteiger partial charge in [0.05, 0.1) is 17.3 Å². The van der Waals surface area contributed by atoms with Gasteiger partial charge in [-0.1, -0.05) is 0 Å². The van der Waals surface area contributed by atoms with Gasteiger partial charge in [0, 0.05) is 30.1 Å². The summed E-state index contributed by atoms with van der Waals surface area (Å²) < 4.78 is 8.29. The number of fused-ring (bicyclic) bond motifs is 3. The topological polar surface area (TPSA) is 111 Å². The number of amides is 1. The molecule has 3 aromatic rings. The summed E-state index contributed by atoms with van der Waals surface area (Å²) in [6.45, 7) is 0. The first-order chi connectivity index (χ1) is 15.9. The van der Waals surface area contributed by atoms with E-state index in [1.807, 2.05) is 13.2 Å². The molecule has 0 unspecified atom stereocenters. The van der Waals surface area contributed by atoms with Crippen LogP contribution in [0.2, 0.25) is 0 Å². The first-order valence-electron chi connectivity index (χ1n) is 11.6. The van der Waals surface area contributed by atoms with Gasteiger partial charge < -0.3 is 20.7 Å². The lowest BCUT2D eigenvalue weighted by molar-refractivity contribution is -0.122. The number of hydrogen-bond donors (Lipinski definition) is 2. The highest BCUT2D eigenvalue weighted by Gasteiger charge is 2.31. The number of nitrogens with two attached hydrogens (primary N) is 1. The fourth-order valence-corrected chi connectivity index (χ4v) is 6.18. The van der Waals surface area contributed by atoms with Crippen LogP contribution in [0.25, 0.3) is 10.2 Å². The van der Waals surface area contributed by atoms with Gasteiger partial charge in [0.2, 0.25) is 17.7 Å². The number of aromatic nitrogens is 4. The minimum Gasteiger partial charge on any atom is -0.474 e. The lowest BCUT2D eigenvalue weighted by Gasteiger charge is -2.32. The first kappa shape index (κ1) is 22.1. The van der Waals surface area contributed by atoms with Crippen LogP contribution in [0.4, 0.5) is 11.6 Å². The Balaban J connectivity index is 1.49. The lowest BCUT2D eigenvalue weighted by atomic mass is 9.87. The zero-order chi connectivity index (χ0) is 23.1. The van der Waals surface area contributed by atoms with Crippen molar-refractivity contribution < 1.29 is 9.53 Å². The van der Waals surface area contributed by atoms with Gasteiger partial charge in [-0.25, -0.2) is 4.98 Å². The number of carbonyl (C=O) groups excluding carboxylic acids is 1. The number of carbonyl (C=O) groups is 1. The van der Waals surface area contributed by atoms with E-state index in [0.717, 1.165) is 60.0 Å². The molecular formula is C23H31N7O2S. The van der Waals surface area contributed by atoms with Gasteiger partial charge in [-0.2, -0.15) is 10.1 Å². The molecule has 1 amide bonds. The SMILES string of the molecule is CN(C)C1CCC(Oc2nc(Nc3cnn(C)c3)nc3sc4c(c23)C[C@@H](C(N)=O)CC4)CC1.